The first-order chi connectivity index (χ1) is 10.1. The summed E-state index contributed by atoms with van der Waals surface area (Å²) in [6, 6.07) is 7.88. The summed E-state index contributed by atoms with van der Waals surface area (Å²) in [6.45, 7) is 3.09. The lowest BCUT2D eigenvalue weighted by Crippen LogP contribution is -2.26. The molecule has 2 aromatic heterocycles. The Balaban J connectivity index is 2.17. The van der Waals surface area contributed by atoms with Crippen LogP contribution >= 0.6 is 0 Å². The van der Waals surface area contributed by atoms with Crippen LogP contribution in [0.4, 0.5) is 5.82 Å². The topological polar surface area (TPSA) is 84.9 Å². The monoisotopic (exact) mass is 278 g/mol. The summed E-state index contributed by atoms with van der Waals surface area (Å²) in [7, 11) is 0. The molecular weight excluding hydrogens is 263 g/mol. The molecule has 0 saturated carbocycles. The number of nitrogens with two attached hydrogens (primary N) is 1. The molecule has 3 aromatic rings. The number of pyridine rings is 1. The van der Waals surface area contributed by atoms with Gasteiger partial charge < -0.3 is 10.8 Å². The summed E-state index contributed by atoms with van der Waals surface area (Å²) in [5.74, 6) is 0.429. The Morgan fingerprint density at radius 1 is 1.05 bits per heavy atom. The van der Waals surface area contributed by atoms with Crippen molar-refractivity contribution in [3.05, 3.63) is 42.4 Å². The molecule has 104 valence electrons. The van der Waals surface area contributed by atoms with Gasteiger partial charge in [-0.3, -0.25) is 4.98 Å². The number of nitrogens with zero attached hydrogens (tertiary/aromatic N) is 3. The van der Waals surface area contributed by atoms with Crippen molar-refractivity contribution < 1.29 is 5.02 Å². The number of hydrogen-bond donors (Lipinski definition) is 2. The highest BCUT2D eigenvalue weighted by Gasteiger charge is 2.10. The van der Waals surface area contributed by atoms with E-state index in [9.17, 15) is 5.02 Å². The maximum atomic E-state index is 9.67. The van der Waals surface area contributed by atoms with Crippen molar-refractivity contribution in [1.82, 2.24) is 15.2 Å². The minimum Gasteiger partial charge on any atom is -0.446 e. The fourth-order valence-electron chi connectivity index (χ4n) is 2.33. The number of aryl methyl sites for hydroxylation is 1. The molecule has 0 bridgehead atoms. The summed E-state index contributed by atoms with van der Waals surface area (Å²) < 4.78 is 0. The highest BCUT2D eigenvalue weighted by atomic mass is 16.2. The van der Waals surface area contributed by atoms with Gasteiger partial charge in [-0.1, -0.05) is 19.0 Å². The van der Waals surface area contributed by atoms with E-state index in [0.717, 1.165) is 33.1 Å². The second-order valence-electron chi connectivity index (χ2n) is 5.11. The van der Waals surface area contributed by atoms with E-state index < -0.39 is 6.92 Å². The van der Waals surface area contributed by atoms with Gasteiger partial charge in [-0.05, 0) is 35.6 Å². The van der Waals surface area contributed by atoms with Gasteiger partial charge >= 0.3 is 6.92 Å². The van der Waals surface area contributed by atoms with Crippen LogP contribution in [0.25, 0.3) is 21.9 Å². The van der Waals surface area contributed by atoms with Gasteiger partial charge in [0.05, 0.1) is 5.69 Å². The van der Waals surface area contributed by atoms with Crippen molar-refractivity contribution in [3.8, 4) is 11.1 Å². The highest BCUT2D eigenvalue weighted by Crippen LogP contribution is 2.27. The van der Waals surface area contributed by atoms with Gasteiger partial charge in [0.15, 0.2) is 5.82 Å². The maximum Gasteiger partial charge on any atom is 0.321 e. The number of rotatable bonds is 2. The van der Waals surface area contributed by atoms with Crippen molar-refractivity contribution >= 4 is 29.0 Å². The molecule has 6 heteroatoms. The smallest absolute Gasteiger partial charge is 0.321 e. The quantitative estimate of drug-likeness (QED) is 0.692. The van der Waals surface area contributed by atoms with Crippen LogP contribution in [-0.2, 0) is 0 Å². The van der Waals surface area contributed by atoms with Crippen molar-refractivity contribution in [2.75, 3.05) is 5.73 Å². The molecule has 3 rings (SSSR count). The zero-order valence-electron chi connectivity index (χ0n) is 11.9. The van der Waals surface area contributed by atoms with E-state index in [4.69, 9.17) is 5.73 Å². The Bertz CT molecular complexity index is 820. The van der Waals surface area contributed by atoms with E-state index >= 15 is 0 Å². The standard InChI is InChI=1S/C15H15BN4O/c1-9-14-6-10(3-4-13(14)15(17)20-19-9)11-5-12(16(2)21)8-18-7-11/h3-8,21H,1-2H3,(H2,17,20). The van der Waals surface area contributed by atoms with Crippen LogP contribution in [0.1, 0.15) is 5.69 Å². The van der Waals surface area contributed by atoms with E-state index in [1.54, 1.807) is 19.2 Å². The normalized spacial score (nSPS) is 10.8. The number of benzene rings is 1. The van der Waals surface area contributed by atoms with Gasteiger partial charge in [-0.2, -0.15) is 5.10 Å². The molecular formula is C15H15BN4O. The first-order valence-electron chi connectivity index (χ1n) is 6.72. The number of nitrogen functional groups attached to an aromatic ring is 1. The molecule has 0 unspecified atom stereocenters. The lowest BCUT2D eigenvalue weighted by atomic mass is 9.65. The Hall–Kier alpha value is -2.47. The Morgan fingerprint density at radius 2 is 1.86 bits per heavy atom. The molecule has 0 aliphatic rings. The van der Waals surface area contributed by atoms with E-state index in [0.29, 0.717) is 5.82 Å². The third kappa shape index (κ3) is 2.45. The third-order valence-electron chi connectivity index (χ3n) is 3.57. The number of anilines is 1. The summed E-state index contributed by atoms with van der Waals surface area (Å²) in [5, 5.41) is 19.5. The van der Waals surface area contributed by atoms with Crippen molar-refractivity contribution in [1.29, 1.82) is 0 Å². The van der Waals surface area contributed by atoms with Crippen molar-refractivity contribution in [3.63, 3.8) is 0 Å². The average Bonchev–Trinajstić information content (AvgIpc) is 2.51. The minimum absolute atomic E-state index is 0.429. The molecule has 0 radical (unpaired) electrons. The van der Waals surface area contributed by atoms with E-state index in [1.807, 2.05) is 31.2 Å². The lowest BCUT2D eigenvalue weighted by molar-refractivity contribution is 0.594. The van der Waals surface area contributed by atoms with Gasteiger partial charge in [0, 0.05) is 23.2 Å². The summed E-state index contributed by atoms with van der Waals surface area (Å²) in [4.78, 5) is 4.19. The number of aromatic nitrogens is 3. The zero-order valence-corrected chi connectivity index (χ0v) is 11.9. The predicted octanol–water partition coefficient (Wildman–Crippen LogP) is 1.40. The average molecular weight is 278 g/mol. The zero-order chi connectivity index (χ0) is 15.0. The van der Waals surface area contributed by atoms with Crippen molar-refractivity contribution in [2.45, 2.75) is 13.7 Å². The molecule has 5 nitrogen and oxygen atoms in total. The molecule has 1 aromatic carbocycles. The van der Waals surface area contributed by atoms with Crippen LogP contribution in [0.15, 0.2) is 36.7 Å². The van der Waals surface area contributed by atoms with Crippen LogP contribution in [0, 0.1) is 6.92 Å². The fourth-order valence-corrected chi connectivity index (χ4v) is 2.33. The first kappa shape index (κ1) is 13.5. The predicted molar refractivity (Wildman–Crippen MR) is 85.4 cm³/mol. The van der Waals surface area contributed by atoms with E-state index in [2.05, 4.69) is 15.2 Å². The second kappa shape index (κ2) is 5.14. The van der Waals surface area contributed by atoms with Gasteiger partial charge in [0.25, 0.3) is 0 Å². The van der Waals surface area contributed by atoms with Gasteiger partial charge in [-0.15, -0.1) is 5.10 Å². The lowest BCUT2D eigenvalue weighted by Gasteiger charge is -2.08. The molecule has 3 N–H and O–H groups in total. The van der Waals surface area contributed by atoms with Crippen LogP contribution < -0.4 is 11.2 Å². The molecule has 0 aliphatic heterocycles. The molecule has 0 fully saturated rings. The number of fused-ring (bicyclic) bond motifs is 1. The minimum atomic E-state index is -0.541. The Morgan fingerprint density at radius 3 is 2.62 bits per heavy atom. The largest absolute Gasteiger partial charge is 0.446 e. The highest BCUT2D eigenvalue weighted by molar-refractivity contribution is 6.64. The van der Waals surface area contributed by atoms with Gasteiger partial charge in [0.1, 0.15) is 0 Å². The van der Waals surface area contributed by atoms with Crippen LogP contribution in [-0.4, -0.2) is 27.1 Å². The molecule has 0 aliphatic carbocycles. The maximum absolute atomic E-state index is 9.67. The molecule has 0 atom stereocenters. The second-order valence-corrected chi connectivity index (χ2v) is 5.11. The molecule has 2 heterocycles. The Kier molecular flexibility index (Phi) is 3.31. The van der Waals surface area contributed by atoms with Gasteiger partial charge in [0.2, 0.25) is 0 Å². The van der Waals surface area contributed by atoms with Gasteiger partial charge in [-0.25, -0.2) is 0 Å². The fraction of sp³-hybridized carbons (Fsp3) is 0.133. The number of hydrogen-bond acceptors (Lipinski definition) is 5. The Labute approximate surface area is 123 Å². The molecule has 0 amide bonds. The summed E-state index contributed by atoms with van der Waals surface area (Å²) >= 11 is 0. The third-order valence-corrected chi connectivity index (χ3v) is 3.57. The summed E-state index contributed by atoms with van der Waals surface area (Å²) in [6.07, 6.45) is 3.45. The van der Waals surface area contributed by atoms with Crippen LogP contribution in [0.2, 0.25) is 6.82 Å². The van der Waals surface area contributed by atoms with Crippen LogP contribution in [0.5, 0.6) is 0 Å². The van der Waals surface area contributed by atoms with Crippen molar-refractivity contribution in [2.24, 2.45) is 0 Å². The molecule has 0 saturated heterocycles. The van der Waals surface area contributed by atoms with E-state index in [1.165, 1.54) is 0 Å². The first-order valence-corrected chi connectivity index (χ1v) is 6.72. The molecule has 0 spiro atoms. The molecule has 21 heavy (non-hydrogen) atoms. The summed E-state index contributed by atoms with van der Waals surface area (Å²) in [5.41, 5.74) is 9.44. The van der Waals surface area contributed by atoms with E-state index in [-0.39, 0.29) is 0 Å². The van der Waals surface area contributed by atoms with Crippen LogP contribution in [0.3, 0.4) is 0 Å². The SMILES string of the molecule is CB(O)c1cncc(-c2ccc3c(N)nnc(C)c3c2)c1.